The number of rotatable bonds is 9. The van der Waals surface area contributed by atoms with Gasteiger partial charge in [0.2, 0.25) is 5.91 Å². The van der Waals surface area contributed by atoms with Crippen molar-refractivity contribution < 1.29 is 23.5 Å². The number of carbonyl (C=O) groups is 3. The second-order valence-corrected chi connectivity index (χ2v) is 5.99. The van der Waals surface area contributed by atoms with Crippen LogP contribution in [-0.4, -0.2) is 36.9 Å². The molecule has 1 unspecified atom stereocenters. The van der Waals surface area contributed by atoms with Gasteiger partial charge in [0.25, 0.3) is 5.91 Å². The average Bonchev–Trinajstić information content (AvgIpc) is 3.20. The minimum atomic E-state index is -0.639. The van der Waals surface area contributed by atoms with Crippen LogP contribution in [0.1, 0.15) is 35.3 Å². The van der Waals surface area contributed by atoms with E-state index >= 15 is 0 Å². The van der Waals surface area contributed by atoms with E-state index in [1.807, 2.05) is 0 Å². The lowest BCUT2D eigenvalue weighted by Gasteiger charge is -2.17. The predicted octanol–water partition coefficient (Wildman–Crippen LogP) is 1.13. The van der Waals surface area contributed by atoms with Crippen molar-refractivity contribution in [1.29, 1.82) is 5.41 Å². The fourth-order valence-corrected chi connectivity index (χ4v) is 2.51. The minimum Gasteiger partial charge on any atom is -0.472 e. The van der Waals surface area contributed by atoms with Gasteiger partial charge in [-0.25, -0.2) is 0 Å². The molecule has 1 atom stereocenters. The Bertz CT molecular complexity index is 866. The van der Waals surface area contributed by atoms with Gasteiger partial charge in [0.15, 0.2) is 5.96 Å². The second kappa shape index (κ2) is 10.5. The largest absolute Gasteiger partial charge is 0.472 e. The molecular weight excluding hydrogens is 378 g/mol. The highest BCUT2D eigenvalue weighted by Crippen LogP contribution is 2.18. The van der Waals surface area contributed by atoms with E-state index in [2.05, 4.69) is 16.0 Å². The summed E-state index contributed by atoms with van der Waals surface area (Å²) < 4.78 is 9.94. The van der Waals surface area contributed by atoms with E-state index in [0.29, 0.717) is 16.8 Å². The van der Waals surface area contributed by atoms with Crippen LogP contribution in [0.25, 0.3) is 0 Å². The number of nitrogens with one attached hydrogen (secondary N) is 4. The van der Waals surface area contributed by atoms with Crippen LogP contribution in [0.3, 0.4) is 0 Å². The van der Waals surface area contributed by atoms with Crippen LogP contribution in [0.4, 0.5) is 5.69 Å². The van der Waals surface area contributed by atoms with Crippen LogP contribution in [-0.2, 0) is 14.3 Å². The molecule has 2 amide bonds. The lowest BCUT2D eigenvalue weighted by molar-refractivity contribution is -0.143. The molecule has 1 heterocycles. The lowest BCUT2D eigenvalue weighted by atomic mass is 10.1. The Labute approximate surface area is 167 Å². The van der Waals surface area contributed by atoms with Crippen molar-refractivity contribution in [3.8, 4) is 0 Å². The molecule has 2 rings (SSSR count). The molecule has 1 aromatic heterocycles. The number of anilines is 1. The molecule has 0 aliphatic rings. The van der Waals surface area contributed by atoms with E-state index in [1.165, 1.54) is 18.6 Å². The Morgan fingerprint density at radius 3 is 2.72 bits per heavy atom. The zero-order valence-corrected chi connectivity index (χ0v) is 15.9. The van der Waals surface area contributed by atoms with Crippen molar-refractivity contribution in [3.63, 3.8) is 0 Å². The summed E-state index contributed by atoms with van der Waals surface area (Å²) >= 11 is 0. The third-order valence-electron chi connectivity index (χ3n) is 3.77. The first kappa shape index (κ1) is 21.5. The monoisotopic (exact) mass is 401 g/mol. The van der Waals surface area contributed by atoms with Crippen LogP contribution < -0.4 is 21.7 Å². The fraction of sp³-hybridized carbons (Fsp3) is 0.263. The summed E-state index contributed by atoms with van der Waals surface area (Å²) in [6.07, 6.45) is 2.80. The Hall–Kier alpha value is -3.82. The van der Waals surface area contributed by atoms with Crippen molar-refractivity contribution >= 4 is 29.4 Å². The zero-order chi connectivity index (χ0) is 21.2. The summed E-state index contributed by atoms with van der Waals surface area (Å²) in [5, 5.41) is 15.0. The zero-order valence-electron chi connectivity index (χ0n) is 15.9. The highest BCUT2D eigenvalue weighted by molar-refractivity contribution is 5.98. The van der Waals surface area contributed by atoms with Crippen LogP contribution in [0.15, 0.2) is 47.3 Å². The maximum atomic E-state index is 12.3. The highest BCUT2D eigenvalue weighted by atomic mass is 16.5. The molecule has 0 saturated heterocycles. The summed E-state index contributed by atoms with van der Waals surface area (Å²) in [4.78, 5) is 36.3. The van der Waals surface area contributed by atoms with Crippen molar-refractivity contribution in [2.24, 2.45) is 5.73 Å². The number of amides is 2. The van der Waals surface area contributed by atoms with Gasteiger partial charge in [-0.1, -0.05) is 6.07 Å². The molecule has 0 radical (unpaired) electrons. The molecule has 6 N–H and O–H groups in total. The molecule has 0 spiro atoms. The molecule has 0 fully saturated rings. The SMILES string of the molecule is CCOC(=O)CC(NC(=O)CNC(=O)c1cccc(NC(=N)N)c1)c1ccoc1. The van der Waals surface area contributed by atoms with Gasteiger partial charge in [-0.3, -0.25) is 19.8 Å². The van der Waals surface area contributed by atoms with Crippen molar-refractivity contribution in [2.75, 3.05) is 18.5 Å². The molecule has 0 bridgehead atoms. The molecule has 154 valence electrons. The van der Waals surface area contributed by atoms with E-state index in [0.717, 1.165) is 0 Å². The summed E-state index contributed by atoms with van der Waals surface area (Å²) in [6.45, 7) is 1.64. The Kier molecular flexibility index (Phi) is 7.78. The second-order valence-electron chi connectivity index (χ2n) is 5.99. The topological polar surface area (TPSA) is 160 Å². The van der Waals surface area contributed by atoms with Gasteiger partial charge in [-0.05, 0) is 31.2 Å². The number of ether oxygens (including phenoxy) is 1. The Morgan fingerprint density at radius 1 is 1.28 bits per heavy atom. The van der Waals surface area contributed by atoms with Crippen molar-refractivity contribution in [2.45, 2.75) is 19.4 Å². The quantitative estimate of drug-likeness (QED) is 0.239. The van der Waals surface area contributed by atoms with E-state index in [4.69, 9.17) is 20.3 Å². The van der Waals surface area contributed by atoms with Gasteiger partial charge < -0.3 is 30.8 Å². The van der Waals surface area contributed by atoms with Crippen LogP contribution in [0, 0.1) is 5.41 Å². The molecule has 29 heavy (non-hydrogen) atoms. The van der Waals surface area contributed by atoms with Crippen LogP contribution in [0.2, 0.25) is 0 Å². The first-order valence-electron chi connectivity index (χ1n) is 8.85. The van der Waals surface area contributed by atoms with E-state index in [1.54, 1.807) is 31.2 Å². The predicted molar refractivity (Wildman–Crippen MR) is 105 cm³/mol. The number of hydrogen-bond acceptors (Lipinski definition) is 6. The molecule has 0 aliphatic heterocycles. The van der Waals surface area contributed by atoms with Crippen molar-refractivity contribution in [3.05, 3.63) is 54.0 Å². The Balaban J connectivity index is 1.93. The molecule has 10 heteroatoms. The van der Waals surface area contributed by atoms with Gasteiger partial charge in [0.1, 0.15) is 0 Å². The highest BCUT2D eigenvalue weighted by Gasteiger charge is 2.20. The lowest BCUT2D eigenvalue weighted by Crippen LogP contribution is -2.39. The molecule has 1 aromatic carbocycles. The molecular formula is C19H23N5O5. The maximum absolute atomic E-state index is 12.3. The first-order valence-corrected chi connectivity index (χ1v) is 8.85. The summed E-state index contributed by atoms with van der Waals surface area (Å²) in [5.74, 6) is -1.67. The summed E-state index contributed by atoms with van der Waals surface area (Å²) in [6, 6.07) is 7.33. The van der Waals surface area contributed by atoms with Gasteiger partial charge in [-0.15, -0.1) is 0 Å². The molecule has 10 nitrogen and oxygen atoms in total. The molecule has 0 saturated carbocycles. The minimum absolute atomic E-state index is 0.0637. The number of guanidine groups is 1. The van der Waals surface area contributed by atoms with E-state index in [-0.39, 0.29) is 25.5 Å². The van der Waals surface area contributed by atoms with Gasteiger partial charge in [-0.2, -0.15) is 0 Å². The van der Waals surface area contributed by atoms with E-state index in [9.17, 15) is 14.4 Å². The summed E-state index contributed by atoms with van der Waals surface area (Å²) in [7, 11) is 0. The van der Waals surface area contributed by atoms with Gasteiger partial charge >= 0.3 is 5.97 Å². The van der Waals surface area contributed by atoms with Crippen molar-refractivity contribution in [1.82, 2.24) is 10.6 Å². The third kappa shape index (κ3) is 7.01. The van der Waals surface area contributed by atoms with Crippen LogP contribution in [0.5, 0.6) is 0 Å². The normalized spacial score (nSPS) is 11.2. The fourth-order valence-electron chi connectivity index (χ4n) is 2.51. The van der Waals surface area contributed by atoms with Gasteiger partial charge in [0.05, 0.1) is 38.1 Å². The number of furan rings is 1. The average molecular weight is 401 g/mol. The maximum Gasteiger partial charge on any atom is 0.308 e. The number of carbonyl (C=O) groups excluding carboxylic acids is 3. The number of nitrogens with two attached hydrogens (primary N) is 1. The molecule has 2 aromatic rings. The van der Waals surface area contributed by atoms with E-state index < -0.39 is 23.8 Å². The third-order valence-corrected chi connectivity index (χ3v) is 3.77. The number of benzene rings is 1. The Morgan fingerprint density at radius 2 is 2.07 bits per heavy atom. The number of hydrogen-bond donors (Lipinski definition) is 5. The molecule has 0 aliphatic carbocycles. The van der Waals surface area contributed by atoms with Gasteiger partial charge in [0, 0.05) is 16.8 Å². The summed E-state index contributed by atoms with van der Waals surface area (Å²) in [5.41, 5.74) is 6.65. The standard InChI is InChI=1S/C19H23N5O5/c1-2-29-17(26)9-15(13-6-7-28-11-13)24-16(25)10-22-18(27)12-4-3-5-14(8-12)23-19(20)21/h3-8,11,15H,2,9-10H2,1H3,(H,22,27)(H,24,25)(H4,20,21,23). The smallest absolute Gasteiger partial charge is 0.308 e. The first-order chi connectivity index (χ1) is 13.9. The number of esters is 1. The van der Waals surface area contributed by atoms with Crippen LogP contribution >= 0.6 is 0 Å².